The predicted octanol–water partition coefficient (Wildman–Crippen LogP) is 1.27. The molecule has 0 spiro atoms. The van der Waals surface area contributed by atoms with Crippen LogP contribution in [0.25, 0.3) is 0 Å². The van der Waals surface area contributed by atoms with Gasteiger partial charge in [-0.05, 0) is 31.1 Å². The number of amides is 2. The second-order valence-corrected chi connectivity index (χ2v) is 5.58. The molecule has 0 bridgehead atoms. The van der Waals surface area contributed by atoms with E-state index in [1.54, 1.807) is 0 Å². The van der Waals surface area contributed by atoms with Crippen molar-refractivity contribution in [1.82, 2.24) is 10.6 Å². The van der Waals surface area contributed by atoms with Gasteiger partial charge in [0.2, 0.25) is 0 Å². The van der Waals surface area contributed by atoms with E-state index in [9.17, 15) is 14.4 Å². The van der Waals surface area contributed by atoms with Crippen LogP contribution in [-0.2, 0) is 14.3 Å². The summed E-state index contributed by atoms with van der Waals surface area (Å²) >= 11 is 0. The first-order valence-electron chi connectivity index (χ1n) is 7.26. The molecule has 1 saturated carbocycles. The smallest absolute Gasteiger partial charge is 0.326 e. The third-order valence-corrected chi connectivity index (χ3v) is 3.83. The lowest BCUT2D eigenvalue weighted by molar-refractivity contribution is -0.142. The van der Waals surface area contributed by atoms with Crippen LogP contribution in [0, 0.1) is 5.41 Å². The molecule has 1 aliphatic carbocycles. The van der Waals surface area contributed by atoms with E-state index in [0.717, 1.165) is 25.7 Å². The molecule has 21 heavy (non-hydrogen) atoms. The average molecular weight is 300 g/mol. The Morgan fingerprint density at radius 2 is 2.00 bits per heavy atom. The highest BCUT2D eigenvalue weighted by Crippen LogP contribution is 2.48. The van der Waals surface area contributed by atoms with Crippen molar-refractivity contribution in [3.63, 3.8) is 0 Å². The highest BCUT2D eigenvalue weighted by molar-refractivity contribution is 5.83. The van der Waals surface area contributed by atoms with Gasteiger partial charge in [-0.25, -0.2) is 9.59 Å². The Bertz CT molecular complexity index is 393. The Morgan fingerprint density at radius 3 is 2.48 bits per heavy atom. The molecule has 0 aromatic heterocycles. The number of aliphatic carboxylic acids is 1. The maximum Gasteiger partial charge on any atom is 0.326 e. The van der Waals surface area contributed by atoms with Crippen LogP contribution in [0.4, 0.5) is 4.79 Å². The minimum absolute atomic E-state index is 0.00945. The number of urea groups is 1. The summed E-state index contributed by atoms with van der Waals surface area (Å²) in [6, 6.07) is -1.60. The predicted molar refractivity (Wildman–Crippen MR) is 75.8 cm³/mol. The van der Waals surface area contributed by atoms with Crippen LogP contribution < -0.4 is 10.6 Å². The van der Waals surface area contributed by atoms with Gasteiger partial charge >= 0.3 is 18.0 Å². The Balaban J connectivity index is 2.35. The van der Waals surface area contributed by atoms with Crippen molar-refractivity contribution >= 4 is 18.0 Å². The van der Waals surface area contributed by atoms with Gasteiger partial charge in [-0.3, -0.25) is 4.79 Å². The van der Waals surface area contributed by atoms with E-state index in [1.165, 1.54) is 7.11 Å². The molecule has 1 aliphatic rings. The molecular formula is C14H24N2O5. The molecular weight excluding hydrogens is 276 g/mol. The third kappa shape index (κ3) is 6.01. The summed E-state index contributed by atoms with van der Waals surface area (Å²) in [6.45, 7) is 2.67. The number of hydrogen-bond acceptors (Lipinski definition) is 4. The van der Waals surface area contributed by atoms with E-state index in [4.69, 9.17) is 5.11 Å². The van der Waals surface area contributed by atoms with Gasteiger partial charge in [0.15, 0.2) is 0 Å². The fourth-order valence-corrected chi connectivity index (χ4v) is 2.32. The molecule has 0 aromatic rings. The van der Waals surface area contributed by atoms with Crippen LogP contribution in [-0.4, -0.2) is 42.8 Å². The Hall–Kier alpha value is -1.79. The van der Waals surface area contributed by atoms with E-state index in [2.05, 4.69) is 22.3 Å². The first kappa shape index (κ1) is 17.3. The highest BCUT2D eigenvalue weighted by atomic mass is 16.5. The number of ether oxygens (including phenoxy) is 1. The molecule has 0 aliphatic heterocycles. The number of carboxylic acids is 1. The summed E-state index contributed by atoms with van der Waals surface area (Å²) in [4.78, 5) is 33.8. The molecule has 7 heteroatoms. The van der Waals surface area contributed by atoms with Gasteiger partial charge < -0.3 is 20.5 Å². The van der Waals surface area contributed by atoms with E-state index >= 15 is 0 Å². The fraction of sp³-hybridized carbons (Fsp3) is 0.786. The lowest BCUT2D eigenvalue weighted by Crippen LogP contribution is -2.47. The largest absolute Gasteiger partial charge is 0.480 e. The van der Waals surface area contributed by atoms with Gasteiger partial charge in [0.05, 0.1) is 7.11 Å². The Kier molecular flexibility index (Phi) is 6.45. The van der Waals surface area contributed by atoms with Gasteiger partial charge in [-0.1, -0.05) is 13.3 Å². The van der Waals surface area contributed by atoms with Gasteiger partial charge in [0, 0.05) is 13.0 Å². The van der Waals surface area contributed by atoms with Gasteiger partial charge in [-0.2, -0.15) is 0 Å². The quantitative estimate of drug-likeness (QED) is 0.556. The van der Waals surface area contributed by atoms with Crippen molar-refractivity contribution in [2.24, 2.45) is 5.41 Å². The lowest BCUT2D eigenvalue weighted by atomic mass is 10.0. The highest BCUT2D eigenvalue weighted by Gasteiger charge is 2.41. The molecule has 0 saturated heterocycles. The van der Waals surface area contributed by atoms with Crippen LogP contribution in [0.15, 0.2) is 0 Å². The minimum Gasteiger partial charge on any atom is -0.480 e. The summed E-state index contributed by atoms with van der Waals surface area (Å²) < 4.78 is 4.45. The van der Waals surface area contributed by atoms with Crippen molar-refractivity contribution < 1.29 is 24.2 Å². The van der Waals surface area contributed by atoms with Gasteiger partial charge in [0.25, 0.3) is 0 Å². The van der Waals surface area contributed by atoms with E-state index in [1.807, 2.05) is 0 Å². The molecule has 1 rings (SSSR count). The Labute approximate surface area is 124 Å². The normalized spacial score (nSPS) is 16.7. The molecule has 1 atom stereocenters. The van der Waals surface area contributed by atoms with Gasteiger partial charge in [0.1, 0.15) is 6.04 Å². The summed E-state index contributed by atoms with van der Waals surface area (Å²) in [7, 11) is 1.24. The topological polar surface area (TPSA) is 105 Å². The number of esters is 1. The molecule has 120 valence electrons. The molecule has 0 radical (unpaired) electrons. The monoisotopic (exact) mass is 300 g/mol. The molecule has 0 aromatic carbocycles. The number of nitrogens with one attached hydrogen (secondary N) is 2. The van der Waals surface area contributed by atoms with Crippen LogP contribution in [0.1, 0.15) is 45.4 Å². The summed E-state index contributed by atoms with van der Waals surface area (Å²) in [5, 5.41) is 14.1. The van der Waals surface area contributed by atoms with Crippen molar-refractivity contribution in [3.05, 3.63) is 0 Å². The number of rotatable bonds is 9. The number of carbonyl (C=O) groups excluding carboxylic acids is 2. The second-order valence-electron chi connectivity index (χ2n) is 5.58. The average Bonchev–Trinajstić information content (AvgIpc) is 3.21. The van der Waals surface area contributed by atoms with Crippen molar-refractivity contribution in [3.8, 4) is 0 Å². The Morgan fingerprint density at radius 1 is 1.33 bits per heavy atom. The standard InChI is InChI=1S/C14H24N2O5/c1-3-6-14(7-8-14)9-15-13(20)16-10(12(18)19)4-5-11(17)21-2/h10H,3-9H2,1-2H3,(H,18,19)(H2,15,16,20)/t10-/m0/s1. The first-order valence-corrected chi connectivity index (χ1v) is 7.26. The van der Waals surface area contributed by atoms with Gasteiger partial charge in [-0.15, -0.1) is 0 Å². The van der Waals surface area contributed by atoms with E-state index < -0.39 is 24.0 Å². The molecule has 2 amide bonds. The van der Waals surface area contributed by atoms with Crippen LogP contribution in [0.5, 0.6) is 0 Å². The summed E-state index contributed by atoms with van der Waals surface area (Å²) in [5.41, 5.74) is 0.205. The minimum atomic E-state index is -1.16. The summed E-state index contributed by atoms with van der Waals surface area (Å²) in [5.74, 6) is -1.66. The molecule has 1 fully saturated rings. The number of methoxy groups -OCH3 is 1. The zero-order valence-electron chi connectivity index (χ0n) is 12.6. The summed E-state index contributed by atoms with van der Waals surface area (Å²) in [6.07, 6.45) is 4.30. The molecule has 7 nitrogen and oxygen atoms in total. The number of hydrogen-bond donors (Lipinski definition) is 3. The van der Waals surface area contributed by atoms with Crippen molar-refractivity contribution in [1.29, 1.82) is 0 Å². The zero-order valence-corrected chi connectivity index (χ0v) is 12.6. The number of carboxylic acid groups (broad SMARTS) is 1. The van der Waals surface area contributed by atoms with Crippen LogP contribution >= 0.6 is 0 Å². The maximum absolute atomic E-state index is 11.7. The SMILES string of the molecule is CCCC1(CNC(=O)N[C@@H](CCC(=O)OC)C(=O)O)CC1. The molecule has 0 unspecified atom stereocenters. The van der Waals surface area contributed by atoms with Crippen LogP contribution in [0.3, 0.4) is 0 Å². The van der Waals surface area contributed by atoms with Crippen molar-refractivity contribution in [2.45, 2.75) is 51.5 Å². The van der Waals surface area contributed by atoms with E-state index in [-0.39, 0.29) is 18.3 Å². The van der Waals surface area contributed by atoms with E-state index in [0.29, 0.717) is 6.54 Å². The number of carbonyl (C=O) groups is 3. The first-order chi connectivity index (χ1) is 9.92. The molecule has 3 N–H and O–H groups in total. The van der Waals surface area contributed by atoms with Crippen LogP contribution in [0.2, 0.25) is 0 Å². The third-order valence-electron chi connectivity index (χ3n) is 3.83. The fourth-order valence-electron chi connectivity index (χ4n) is 2.32. The lowest BCUT2D eigenvalue weighted by Gasteiger charge is -2.18. The molecule has 0 heterocycles. The van der Waals surface area contributed by atoms with Crippen molar-refractivity contribution in [2.75, 3.05) is 13.7 Å². The maximum atomic E-state index is 11.7. The zero-order chi connectivity index (χ0) is 15.9. The second kappa shape index (κ2) is 7.85.